The number of likely N-dealkylation sites (tertiary alicyclic amines) is 1. The third-order valence-corrected chi connectivity index (χ3v) is 3.72. The second-order valence-corrected chi connectivity index (χ2v) is 5.24. The summed E-state index contributed by atoms with van der Waals surface area (Å²) < 4.78 is 0. The molecule has 1 heterocycles. The lowest BCUT2D eigenvalue weighted by molar-refractivity contribution is 0.440. The predicted octanol–water partition coefficient (Wildman–Crippen LogP) is 4.23. The van der Waals surface area contributed by atoms with Gasteiger partial charge in [-0.05, 0) is 49.9 Å². The maximum Gasteiger partial charge on any atom is 0.105 e. The molecule has 0 bridgehead atoms. The second-order valence-electron chi connectivity index (χ2n) is 5.24. The van der Waals surface area contributed by atoms with Crippen molar-refractivity contribution in [3.63, 3.8) is 0 Å². The summed E-state index contributed by atoms with van der Waals surface area (Å²) in [6.07, 6.45) is 4.92. The molecule has 0 aliphatic carbocycles. The van der Waals surface area contributed by atoms with Crippen molar-refractivity contribution in [1.82, 2.24) is 4.90 Å². The van der Waals surface area contributed by atoms with Crippen LogP contribution in [0.1, 0.15) is 43.7 Å². The van der Waals surface area contributed by atoms with E-state index in [0.29, 0.717) is 0 Å². The number of rotatable bonds is 4. The SMILES string of the molecule is CCCCN1CCCC1=Nc1ccc(C)c(C)c1. The Hall–Kier alpha value is -1.31. The fraction of sp³-hybridized carbons (Fsp3) is 0.562. The number of nitrogens with zero attached hydrogens (tertiary/aromatic N) is 2. The van der Waals surface area contributed by atoms with Gasteiger partial charge in [-0.3, -0.25) is 0 Å². The van der Waals surface area contributed by atoms with Crippen LogP contribution in [0.4, 0.5) is 5.69 Å². The van der Waals surface area contributed by atoms with Gasteiger partial charge in [0.2, 0.25) is 0 Å². The highest BCUT2D eigenvalue weighted by molar-refractivity contribution is 5.86. The molecule has 0 aromatic heterocycles. The van der Waals surface area contributed by atoms with E-state index in [-0.39, 0.29) is 0 Å². The van der Waals surface area contributed by atoms with Gasteiger partial charge in [0.25, 0.3) is 0 Å². The Morgan fingerprint density at radius 2 is 2.06 bits per heavy atom. The Morgan fingerprint density at radius 3 is 2.78 bits per heavy atom. The first-order valence-corrected chi connectivity index (χ1v) is 7.10. The molecular weight excluding hydrogens is 220 g/mol. The fourth-order valence-electron chi connectivity index (χ4n) is 2.38. The van der Waals surface area contributed by atoms with Gasteiger partial charge in [0.1, 0.15) is 5.84 Å². The number of hydrogen-bond acceptors (Lipinski definition) is 1. The van der Waals surface area contributed by atoms with Crippen molar-refractivity contribution < 1.29 is 0 Å². The Morgan fingerprint density at radius 1 is 1.22 bits per heavy atom. The molecule has 1 aliphatic rings. The van der Waals surface area contributed by atoms with Gasteiger partial charge in [-0.2, -0.15) is 0 Å². The Labute approximate surface area is 111 Å². The van der Waals surface area contributed by atoms with E-state index in [1.165, 1.54) is 49.3 Å². The number of hydrogen-bond donors (Lipinski definition) is 0. The summed E-state index contributed by atoms with van der Waals surface area (Å²) in [4.78, 5) is 7.29. The summed E-state index contributed by atoms with van der Waals surface area (Å²) in [7, 11) is 0. The number of aliphatic imine (C=N–C) groups is 1. The summed E-state index contributed by atoms with van der Waals surface area (Å²) in [5, 5.41) is 0. The Kier molecular flexibility index (Phi) is 4.40. The minimum Gasteiger partial charge on any atom is -0.360 e. The molecule has 2 rings (SSSR count). The van der Waals surface area contributed by atoms with Crippen LogP contribution in [0.3, 0.4) is 0 Å². The highest BCUT2D eigenvalue weighted by atomic mass is 15.2. The molecule has 98 valence electrons. The average molecular weight is 244 g/mol. The van der Waals surface area contributed by atoms with Crippen LogP contribution in [0, 0.1) is 13.8 Å². The van der Waals surface area contributed by atoms with Crippen molar-refractivity contribution in [1.29, 1.82) is 0 Å². The van der Waals surface area contributed by atoms with Crippen molar-refractivity contribution in [2.75, 3.05) is 13.1 Å². The van der Waals surface area contributed by atoms with Gasteiger partial charge in [-0.15, -0.1) is 0 Å². The molecule has 2 heteroatoms. The molecule has 0 atom stereocenters. The molecule has 0 unspecified atom stereocenters. The molecule has 1 saturated heterocycles. The van der Waals surface area contributed by atoms with E-state index in [1.54, 1.807) is 0 Å². The number of unbranched alkanes of at least 4 members (excludes halogenated alkanes) is 1. The predicted molar refractivity (Wildman–Crippen MR) is 78.7 cm³/mol. The number of amidine groups is 1. The minimum atomic E-state index is 1.11. The highest BCUT2D eigenvalue weighted by Gasteiger charge is 2.17. The van der Waals surface area contributed by atoms with Crippen LogP contribution in [0.5, 0.6) is 0 Å². The lowest BCUT2D eigenvalue weighted by Gasteiger charge is -2.18. The molecule has 2 nitrogen and oxygen atoms in total. The molecule has 0 radical (unpaired) electrons. The number of aryl methyl sites for hydroxylation is 2. The van der Waals surface area contributed by atoms with Crippen LogP contribution in [0.15, 0.2) is 23.2 Å². The molecule has 0 N–H and O–H groups in total. The van der Waals surface area contributed by atoms with E-state index in [1.807, 2.05) is 0 Å². The smallest absolute Gasteiger partial charge is 0.105 e. The average Bonchev–Trinajstić information content (AvgIpc) is 2.79. The third kappa shape index (κ3) is 3.12. The first-order valence-electron chi connectivity index (χ1n) is 7.10. The zero-order valence-corrected chi connectivity index (χ0v) is 11.9. The van der Waals surface area contributed by atoms with Crippen LogP contribution >= 0.6 is 0 Å². The maximum atomic E-state index is 4.84. The first-order chi connectivity index (χ1) is 8.70. The molecule has 1 fully saturated rings. The lowest BCUT2D eigenvalue weighted by atomic mass is 10.1. The van der Waals surface area contributed by atoms with Gasteiger partial charge < -0.3 is 4.90 Å². The molecule has 1 aromatic carbocycles. The molecular formula is C16H24N2. The molecule has 1 aliphatic heterocycles. The molecule has 1 aromatic rings. The van der Waals surface area contributed by atoms with Crippen molar-refractivity contribution in [3.05, 3.63) is 29.3 Å². The summed E-state index contributed by atoms with van der Waals surface area (Å²) in [6.45, 7) is 8.90. The van der Waals surface area contributed by atoms with Gasteiger partial charge in [0.15, 0.2) is 0 Å². The monoisotopic (exact) mass is 244 g/mol. The molecule has 0 amide bonds. The largest absolute Gasteiger partial charge is 0.360 e. The maximum absolute atomic E-state index is 4.84. The zero-order valence-electron chi connectivity index (χ0n) is 11.9. The van der Waals surface area contributed by atoms with Crippen molar-refractivity contribution in [2.24, 2.45) is 4.99 Å². The first kappa shape index (κ1) is 13.1. The normalized spacial score (nSPS) is 17.7. The van der Waals surface area contributed by atoms with E-state index >= 15 is 0 Å². The highest BCUT2D eigenvalue weighted by Crippen LogP contribution is 2.21. The van der Waals surface area contributed by atoms with Crippen molar-refractivity contribution in [3.8, 4) is 0 Å². The molecule has 0 saturated carbocycles. The van der Waals surface area contributed by atoms with E-state index in [2.05, 4.69) is 43.9 Å². The number of benzene rings is 1. The second kappa shape index (κ2) is 6.03. The standard InChI is InChI=1S/C16H24N2/c1-4-5-10-18-11-6-7-16(18)17-15-9-8-13(2)14(3)12-15/h8-9,12H,4-7,10-11H2,1-3H3. The summed E-state index contributed by atoms with van der Waals surface area (Å²) in [5.74, 6) is 1.28. The lowest BCUT2D eigenvalue weighted by Crippen LogP contribution is -2.25. The van der Waals surface area contributed by atoms with E-state index in [9.17, 15) is 0 Å². The van der Waals surface area contributed by atoms with Gasteiger partial charge >= 0.3 is 0 Å². The summed E-state index contributed by atoms with van der Waals surface area (Å²) in [6, 6.07) is 6.49. The molecule has 18 heavy (non-hydrogen) atoms. The van der Waals surface area contributed by atoms with Gasteiger partial charge in [0, 0.05) is 19.5 Å². The van der Waals surface area contributed by atoms with Crippen molar-refractivity contribution in [2.45, 2.75) is 46.5 Å². The molecule has 0 spiro atoms. The van der Waals surface area contributed by atoms with Crippen molar-refractivity contribution >= 4 is 11.5 Å². The Balaban J connectivity index is 2.13. The van der Waals surface area contributed by atoms with Gasteiger partial charge in [0.05, 0.1) is 5.69 Å². The van der Waals surface area contributed by atoms with Crippen LogP contribution in [-0.2, 0) is 0 Å². The van der Waals surface area contributed by atoms with E-state index < -0.39 is 0 Å². The fourth-order valence-corrected chi connectivity index (χ4v) is 2.38. The third-order valence-electron chi connectivity index (χ3n) is 3.72. The Bertz CT molecular complexity index is 435. The quantitative estimate of drug-likeness (QED) is 0.774. The van der Waals surface area contributed by atoms with Gasteiger partial charge in [-0.25, -0.2) is 4.99 Å². The van der Waals surface area contributed by atoms with E-state index in [4.69, 9.17) is 4.99 Å². The van der Waals surface area contributed by atoms with Crippen LogP contribution < -0.4 is 0 Å². The summed E-state index contributed by atoms with van der Waals surface area (Å²) in [5.41, 5.74) is 3.78. The zero-order chi connectivity index (χ0) is 13.0. The minimum absolute atomic E-state index is 1.11. The van der Waals surface area contributed by atoms with Gasteiger partial charge in [-0.1, -0.05) is 19.4 Å². The summed E-state index contributed by atoms with van der Waals surface area (Å²) >= 11 is 0. The van der Waals surface area contributed by atoms with Crippen LogP contribution in [-0.4, -0.2) is 23.8 Å². The van der Waals surface area contributed by atoms with Crippen LogP contribution in [0.25, 0.3) is 0 Å². The topological polar surface area (TPSA) is 15.6 Å². The van der Waals surface area contributed by atoms with Crippen LogP contribution in [0.2, 0.25) is 0 Å². The van der Waals surface area contributed by atoms with E-state index in [0.717, 1.165) is 12.1 Å².